The smallest absolute Gasteiger partial charge is 0.220 e. The Hall–Kier alpha value is -3.81. The van der Waals surface area contributed by atoms with E-state index in [2.05, 4.69) is 129 Å². The molecule has 3 aliphatic heterocycles. The number of hydrogen-bond donors (Lipinski definition) is 12. The first-order valence-corrected chi connectivity index (χ1v) is 30.3. The summed E-state index contributed by atoms with van der Waals surface area (Å²) in [4.78, 5) is 13.2. The van der Waals surface area contributed by atoms with E-state index in [0.29, 0.717) is 12.8 Å². The minimum Gasteiger partial charge on any atom is -0.394 e. The molecule has 3 saturated heterocycles. The third-order valence-corrected chi connectivity index (χ3v) is 14.3. The number of carbonyl (C=O) groups is 1. The minimum absolute atomic E-state index is 0.210. The van der Waals surface area contributed by atoms with Crippen LogP contribution in [0.4, 0.5) is 0 Å². The maximum atomic E-state index is 13.2. The van der Waals surface area contributed by atoms with E-state index < -0.39 is 124 Å². The minimum atomic E-state index is -1.98. The van der Waals surface area contributed by atoms with Gasteiger partial charge in [-0.25, -0.2) is 0 Å². The van der Waals surface area contributed by atoms with Gasteiger partial charge in [0.15, 0.2) is 18.9 Å². The molecule has 0 saturated carbocycles. The number of allylic oxidation sites excluding steroid dienone is 19. The van der Waals surface area contributed by atoms with Crippen LogP contribution in [0.2, 0.25) is 0 Å². The zero-order valence-corrected chi connectivity index (χ0v) is 49.1. The average Bonchev–Trinajstić information content (AvgIpc) is 3.52. The van der Waals surface area contributed by atoms with Gasteiger partial charge in [0, 0.05) is 6.42 Å². The average molecular weight is 1170 g/mol. The Balaban J connectivity index is 1.35. The molecule has 0 aliphatic carbocycles. The summed E-state index contributed by atoms with van der Waals surface area (Å²) in [5.74, 6) is -0.310. The maximum Gasteiger partial charge on any atom is 0.220 e. The van der Waals surface area contributed by atoms with Crippen molar-refractivity contribution in [2.75, 3.05) is 26.4 Å². The molecular weight excluding hydrogens is 1070 g/mol. The van der Waals surface area contributed by atoms with Crippen molar-refractivity contribution in [2.45, 2.75) is 247 Å². The van der Waals surface area contributed by atoms with Crippen LogP contribution >= 0.6 is 0 Å². The lowest BCUT2D eigenvalue weighted by Gasteiger charge is -2.48. The summed E-state index contributed by atoms with van der Waals surface area (Å²) in [5, 5.41) is 119. The van der Waals surface area contributed by atoms with Gasteiger partial charge < -0.3 is 89.9 Å². The molecule has 17 atom stereocenters. The highest BCUT2D eigenvalue weighted by Gasteiger charge is 2.53. The van der Waals surface area contributed by atoms with Crippen LogP contribution in [0.5, 0.6) is 0 Å². The summed E-state index contributed by atoms with van der Waals surface area (Å²) in [6.45, 7) is 1.42. The Morgan fingerprint density at radius 3 is 1.30 bits per heavy atom. The van der Waals surface area contributed by atoms with E-state index in [1.807, 2.05) is 6.08 Å². The second-order valence-corrected chi connectivity index (χ2v) is 21.1. The summed E-state index contributed by atoms with van der Waals surface area (Å²) < 4.78 is 34.0. The van der Waals surface area contributed by atoms with Crippen molar-refractivity contribution < 1.29 is 89.4 Å². The Morgan fingerprint density at radius 2 is 0.831 bits per heavy atom. The van der Waals surface area contributed by atoms with Gasteiger partial charge in [0.1, 0.15) is 73.2 Å². The Bertz CT molecular complexity index is 1980. The molecule has 19 heteroatoms. The number of carbonyl (C=O) groups excluding carboxylic acids is 1. The van der Waals surface area contributed by atoms with Gasteiger partial charge in [-0.3, -0.25) is 4.79 Å². The molecule has 3 heterocycles. The molecule has 83 heavy (non-hydrogen) atoms. The lowest BCUT2D eigenvalue weighted by atomic mass is 9.96. The van der Waals surface area contributed by atoms with Crippen molar-refractivity contribution in [3.05, 3.63) is 122 Å². The molecule has 0 aromatic carbocycles. The zero-order valence-electron chi connectivity index (χ0n) is 49.1. The van der Waals surface area contributed by atoms with Crippen molar-refractivity contribution in [1.29, 1.82) is 0 Å². The summed E-state index contributed by atoms with van der Waals surface area (Å²) >= 11 is 0. The van der Waals surface area contributed by atoms with Gasteiger partial charge in [-0.15, -0.1) is 0 Å². The molecule has 12 N–H and O–H groups in total. The molecule has 472 valence electrons. The number of unbranched alkanes of at least 4 members (excludes halogenated alkanes) is 8. The summed E-state index contributed by atoms with van der Waals surface area (Å²) in [5.41, 5.74) is 0. The van der Waals surface area contributed by atoms with E-state index in [-0.39, 0.29) is 18.9 Å². The van der Waals surface area contributed by atoms with Crippen LogP contribution < -0.4 is 5.32 Å². The summed E-state index contributed by atoms with van der Waals surface area (Å²) in [7, 11) is 0. The highest BCUT2D eigenvalue weighted by atomic mass is 16.8. The van der Waals surface area contributed by atoms with Crippen molar-refractivity contribution in [3.63, 3.8) is 0 Å². The monoisotopic (exact) mass is 1170 g/mol. The van der Waals surface area contributed by atoms with Crippen molar-refractivity contribution >= 4 is 5.91 Å². The molecule has 0 aromatic rings. The van der Waals surface area contributed by atoms with Gasteiger partial charge in [-0.05, 0) is 89.9 Å². The van der Waals surface area contributed by atoms with Crippen LogP contribution in [0.15, 0.2) is 122 Å². The predicted octanol–water partition coefficient (Wildman–Crippen LogP) is 5.70. The topological polar surface area (TPSA) is 307 Å². The molecule has 3 fully saturated rings. The van der Waals surface area contributed by atoms with E-state index in [0.717, 1.165) is 109 Å². The van der Waals surface area contributed by atoms with Crippen LogP contribution in [0.3, 0.4) is 0 Å². The lowest BCUT2D eigenvalue weighted by Crippen LogP contribution is -2.66. The molecular formula is C64H103NO18. The number of nitrogens with one attached hydrogen (secondary N) is 1. The number of amides is 1. The van der Waals surface area contributed by atoms with E-state index in [1.165, 1.54) is 0 Å². The number of aliphatic hydroxyl groups excluding tert-OH is 11. The molecule has 0 spiro atoms. The van der Waals surface area contributed by atoms with Gasteiger partial charge in [0.25, 0.3) is 0 Å². The second-order valence-electron chi connectivity index (χ2n) is 21.1. The molecule has 0 radical (unpaired) electrons. The number of ether oxygens (including phenoxy) is 6. The fourth-order valence-corrected chi connectivity index (χ4v) is 9.30. The fraction of sp³-hybridized carbons (Fsp3) is 0.672. The Kier molecular flexibility index (Phi) is 40.3. The number of hydrogen-bond acceptors (Lipinski definition) is 18. The van der Waals surface area contributed by atoms with Crippen LogP contribution in [-0.2, 0) is 33.2 Å². The zero-order chi connectivity index (χ0) is 60.5. The first-order chi connectivity index (χ1) is 40.3. The SMILES string of the molecule is CC/C=C\C/C=C\C/C=C\C/C=C\C/C=C\C/C=C\C/C=C\C/C=C\C/C=C\CCCCCCCC(=O)NC(COC1OC(CO)C(OC2OC(CO)C(OC3OC(CO)C(O)C(O)C3O)C(O)C2O)C(O)C1O)C(O)/C=C/CCCCC. The third-order valence-electron chi connectivity index (χ3n) is 14.3. The maximum absolute atomic E-state index is 13.2. The molecule has 0 bridgehead atoms. The van der Waals surface area contributed by atoms with E-state index in [4.69, 9.17) is 28.4 Å². The highest BCUT2D eigenvalue weighted by Crippen LogP contribution is 2.33. The third kappa shape index (κ3) is 29.0. The van der Waals surface area contributed by atoms with Crippen LogP contribution in [-0.4, -0.2) is 193 Å². The van der Waals surface area contributed by atoms with Gasteiger partial charge in [-0.1, -0.05) is 167 Å². The fourth-order valence-electron chi connectivity index (χ4n) is 9.30. The lowest BCUT2D eigenvalue weighted by molar-refractivity contribution is -0.379. The second kappa shape index (κ2) is 45.5. The Morgan fingerprint density at radius 1 is 0.446 bits per heavy atom. The van der Waals surface area contributed by atoms with Crippen molar-refractivity contribution in [1.82, 2.24) is 5.32 Å². The first kappa shape index (κ1) is 73.4. The van der Waals surface area contributed by atoms with Crippen LogP contribution in [0, 0.1) is 0 Å². The molecule has 17 unspecified atom stereocenters. The predicted molar refractivity (Wildman–Crippen MR) is 318 cm³/mol. The molecule has 19 nitrogen and oxygen atoms in total. The van der Waals surface area contributed by atoms with Gasteiger partial charge in [0.2, 0.25) is 5.91 Å². The Labute approximate surface area is 493 Å². The van der Waals surface area contributed by atoms with Crippen molar-refractivity contribution in [3.8, 4) is 0 Å². The van der Waals surface area contributed by atoms with Gasteiger partial charge in [0.05, 0.1) is 38.6 Å². The largest absolute Gasteiger partial charge is 0.394 e. The molecule has 3 aliphatic rings. The van der Waals surface area contributed by atoms with E-state index in [9.17, 15) is 61.0 Å². The van der Waals surface area contributed by atoms with Gasteiger partial charge >= 0.3 is 0 Å². The number of rotatable bonds is 42. The molecule has 3 rings (SSSR count). The quantitative estimate of drug-likeness (QED) is 0.0258. The van der Waals surface area contributed by atoms with E-state index >= 15 is 0 Å². The number of aliphatic hydroxyl groups is 11. The van der Waals surface area contributed by atoms with Gasteiger partial charge in [-0.2, -0.15) is 0 Å². The van der Waals surface area contributed by atoms with Crippen molar-refractivity contribution in [2.24, 2.45) is 0 Å². The highest BCUT2D eigenvalue weighted by molar-refractivity contribution is 5.76. The standard InChI is InChI=1S/C64H103NO18/c1-3-5-7-9-10-11-12-13-14-15-16-17-18-19-20-21-22-23-24-25-26-27-28-29-30-31-32-33-34-35-36-38-40-42-52(70)65-47(48(69)41-39-37-8-6-4-2)46-78-62-58(76)55(73)60(50(44-67)80-62)83-64-59(77)56(74)61(51(45-68)81-64)82-63-57(75)54(72)53(71)49(43-66)79-63/h5,7,10-11,13-14,16-17,19-20,22-23,25-26,28-29,31-32,39,41,47-51,53-64,66-69,71-77H,3-4,6,8-9,12,15,18,21,24,27,30,33-38,40,42-46H2,1-2H3,(H,65,70)/b7-5-,11-10-,14-13-,17-16-,20-19-,23-22-,26-25-,29-28-,32-31-,41-39+. The summed E-state index contributed by atoms with van der Waals surface area (Å²) in [6, 6.07) is -0.989. The summed E-state index contributed by atoms with van der Waals surface area (Å²) in [6.07, 6.45) is 34.1. The first-order valence-electron chi connectivity index (χ1n) is 30.3. The molecule has 0 aromatic heterocycles. The van der Waals surface area contributed by atoms with Crippen LogP contribution in [0.1, 0.15) is 142 Å². The van der Waals surface area contributed by atoms with E-state index in [1.54, 1.807) is 6.08 Å². The molecule has 1 amide bonds. The van der Waals surface area contributed by atoms with Crippen LogP contribution in [0.25, 0.3) is 0 Å². The normalized spacial score (nSPS) is 30.3.